The SMILES string of the molecule is CN(C)c1ccc(-c2ccc(-c3cc(-c4ccc(-c5ccc(N(C)C)cc5)cc4)cc(-c4ccc(-c5ccc(N(C)C)cc5)cc4)c3)cc2)cc1. The first-order valence-electron chi connectivity index (χ1n) is 17.5. The van der Waals surface area contributed by atoms with Gasteiger partial charge in [0.1, 0.15) is 0 Å². The monoisotopic (exact) mass is 663 g/mol. The summed E-state index contributed by atoms with van der Waals surface area (Å²) in [6.45, 7) is 0. The summed E-state index contributed by atoms with van der Waals surface area (Å²) in [5.74, 6) is 0. The largest absolute Gasteiger partial charge is 0.378 e. The Morgan fingerprint density at radius 2 is 0.333 bits per heavy atom. The van der Waals surface area contributed by atoms with Gasteiger partial charge >= 0.3 is 0 Å². The van der Waals surface area contributed by atoms with E-state index in [9.17, 15) is 0 Å². The van der Waals surface area contributed by atoms with Crippen molar-refractivity contribution in [3.05, 3.63) is 164 Å². The molecule has 3 nitrogen and oxygen atoms in total. The van der Waals surface area contributed by atoms with E-state index < -0.39 is 0 Å². The molecule has 7 aromatic rings. The quantitative estimate of drug-likeness (QED) is 0.152. The first-order chi connectivity index (χ1) is 24.7. The van der Waals surface area contributed by atoms with E-state index in [4.69, 9.17) is 0 Å². The fraction of sp³-hybridized carbons (Fsp3) is 0.125. The van der Waals surface area contributed by atoms with Crippen molar-refractivity contribution >= 4 is 17.1 Å². The summed E-state index contributed by atoms with van der Waals surface area (Å²) in [5, 5.41) is 0. The second kappa shape index (κ2) is 14.4. The zero-order valence-corrected chi connectivity index (χ0v) is 30.4. The van der Waals surface area contributed by atoms with Gasteiger partial charge in [-0.2, -0.15) is 0 Å². The predicted molar refractivity (Wildman–Crippen MR) is 222 cm³/mol. The molecule has 7 rings (SSSR count). The lowest BCUT2D eigenvalue weighted by Crippen LogP contribution is -2.07. The molecule has 0 unspecified atom stereocenters. The second-order valence-corrected chi connectivity index (χ2v) is 13.9. The molecule has 0 aliphatic carbocycles. The number of anilines is 3. The van der Waals surface area contributed by atoms with E-state index in [1.165, 1.54) is 83.8 Å². The molecule has 0 N–H and O–H groups in total. The van der Waals surface area contributed by atoms with E-state index in [1.807, 2.05) is 0 Å². The van der Waals surface area contributed by atoms with Crippen LogP contribution in [0.15, 0.2) is 164 Å². The highest BCUT2D eigenvalue weighted by molar-refractivity contribution is 5.83. The molecule has 0 bridgehead atoms. The molecule has 0 aromatic heterocycles. The molecular formula is C48H45N3. The van der Waals surface area contributed by atoms with Gasteiger partial charge in [-0.3, -0.25) is 0 Å². The molecule has 51 heavy (non-hydrogen) atoms. The van der Waals surface area contributed by atoms with Crippen LogP contribution in [0.2, 0.25) is 0 Å². The van der Waals surface area contributed by atoms with Crippen LogP contribution < -0.4 is 14.7 Å². The Balaban J connectivity index is 1.23. The zero-order valence-electron chi connectivity index (χ0n) is 30.4. The molecule has 0 spiro atoms. The van der Waals surface area contributed by atoms with E-state index >= 15 is 0 Å². The van der Waals surface area contributed by atoms with Crippen molar-refractivity contribution in [2.75, 3.05) is 57.0 Å². The van der Waals surface area contributed by atoms with Crippen LogP contribution in [0.5, 0.6) is 0 Å². The summed E-state index contributed by atoms with van der Waals surface area (Å²) in [7, 11) is 12.4. The van der Waals surface area contributed by atoms with Crippen molar-refractivity contribution in [2.45, 2.75) is 0 Å². The number of rotatable bonds is 9. The van der Waals surface area contributed by atoms with Crippen molar-refractivity contribution in [3.63, 3.8) is 0 Å². The van der Waals surface area contributed by atoms with Gasteiger partial charge < -0.3 is 14.7 Å². The molecule has 0 fully saturated rings. The predicted octanol–water partition coefficient (Wildman–Crippen LogP) is 11.9. The smallest absolute Gasteiger partial charge is 0.0361 e. The number of hydrogen-bond donors (Lipinski definition) is 0. The fourth-order valence-electron chi connectivity index (χ4n) is 6.55. The summed E-state index contributed by atoms with van der Waals surface area (Å²) in [5.41, 5.74) is 18.1. The highest BCUT2D eigenvalue weighted by Crippen LogP contribution is 2.36. The molecular weight excluding hydrogens is 619 g/mol. The Labute approximate surface area is 303 Å². The maximum absolute atomic E-state index is 2.33. The standard InChI is InChI=1S/C48H45N3/c1-49(2)46-25-19-37(20-26-46)34-7-13-40(14-8-34)43-31-44(41-15-9-35(10-16-41)38-21-27-47(28-22-38)50(3)4)33-45(32-43)42-17-11-36(12-18-42)39-23-29-48(30-24-39)51(5)6/h7-33H,1-6H3. The molecule has 252 valence electrons. The van der Waals surface area contributed by atoms with Crippen LogP contribution in [0.25, 0.3) is 66.8 Å². The third-order valence-corrected chi connectivity index (χ3v) is 9.74. The van der Waals surface area contributed by atoms with E-state index in [1.54, 1.807) is 0 Å². The second-order valence-electron chi connectivity index (χ2n) is 13.9. The Hall–Kier alpha value is -6.06. The number of nitrogens with zero attached hydrogens (tertiary/aromatic N) is 3. The van der Waals surface area contributed by atoms with Gasteiger partial charge in [0, 0.05) is 59.3 Å². The minimum atomic E-state index is 1.20. The lowest BCUT2D eigenvalue weighted by atomic mass is 9.91. The fourth-order valence-corrected chi connectivity index (χ4v) is 6.55. The Kier molecular flexibility index (Phi) is 9.46. The normalized spacial score (nSPS) is 10.9. The van der Waals surface area contributed by atoms with Gasteiger partial charge in [0.15, 0.2) is 0 Å². The number of benzene rings is 7. The van der Waals surface area contributed by atoms with Crippen LogP contribution >= 0.6 is 0 Å². The summed E-state index contributed by atoms with van der Waals surface area (Å²) in [6, 6.07) is 60.1. The van der Waals surface area contributed by atoms with Crippen molar-refractivity contribution < 1.29 is 0 Å². The molecule has 7 aromatic carbocycles. The van der Waals surface area contributed by atoms with E-state index in [-0.39, 0.29) is 0 Å². The third kappa shape index (κ3) is 7.44. The molecule has 0 radical (unpaired) electrons. The molecule has 0 saturated carbocycles. The van der Waals surface area contributed by atoms with Gasteiger partial charge in [-0.25, -0.2) is 0 Å². The van der Waals surface area contributed by atoms with Crippen molar-refractivity contribution in [1.82, 2.24) is 0 Å². The lowest BCUT2D eigenvalue weighted by Gasteiger charge is -2.14. The maximum Gasteiger partial charge on any atom is 0.0361 e. The summed E-state index contributed by atoms with van der Waals surface area (Å²) < 4.78 is 0. The van der Waals surface area contributed by atoms with Crippen molar-refractivity contribution in [1.29, 1.82) is 0 Å². The Bertz CT molecular complexity index is 1940. The van der Waals surface area contributed by atoms with Gasteiger partial charge in [-0.1, -0.05) is 109 Å². The van der Waals surface area contributed by atoms with Gasteiger partial charge in [0.25, 0.3) is 0 Å². The summed E-state index contributed by atoms with van der Waals surface area (Å²) in [6.07, 6.45) is 0. The first-order valence-corrected chi connectivity index (χ1v) is 17.5. The zero-order chi connectivity index (χ0) is 35.5. The van der Waals surface area contributed by atoms with Gasteiger partial charge in [-0.05, 0) is 121 Å². The van der Waals surface area contributed by atoms with Gasteiger partial charge in [-0.15, -0.1) is 0 Å². The molecule has 0 aliphatic heterocycles. The topological polar surface area (TPSA) is 9.72 Å². The van der Waals surface area contributed by atoms with Crippen LogP contribution in [0.3, 0.4) is 0 Å². The average molecular weight is 664 g/mol. The lowest BCUT2D eigenvalue weighted by molar-refractivity contribution is 1.13. The molecule has 0 saturated heterocycles. The van der Waals surface area contributed by atoms with Crippen LogP contribution in [-0.4, -0.2) is 42.3 Å². The molecule has 0 heterocycles. The van der Waals surface area contributed by atoms with Crippen LogP contribution in [0.1, 0.15) is 0 Å². The Morgan fingerprint density at radius 1 is 0.196 bits per heavy atom. The molecule has 0 amide bonds. The van der Waals surface area contributed by atoms with E-state index in [0.29, 0.717) is 0 Å². The molecule has 0 atom stereocenters. The minimum absolute atomic E-state index is 1.20. The maximum atomic E-state index is 2.33. The first kappa shape index (κ1) is 33.4. The van der Waals surface area contributed by atoms with Gasteiger partial charge in [0.05, 0.1) is 0 Å². The van der Waals surface area contributed by atoms with Gasteiger partial charge in [0.2, 0.25) is 0 Å². The third-order valence-electron chi connectivity index (χ3n) is 9.74. The molecule has 0 aliphatic rings. The summed E-state index contributed by atoms with van der Waals surface area (Å²) in [4.78, 5) is 6.39. The highest BCUT2D eigenvalue weighted by atomic mass is 15.1. The molecule has 3 heteroatoms. The summed E-state index contributed by atoms with van der Waals surface area (Å²) >= 11 is 0. The minimum Gasteiger partial charge on any atom is -0.378 e. The van der Waals surface area contributed by atoms with E-state index in [0.717, 1.165) is 0 Å². The van der Waals surface area contributed by atoms with Crippen molar-refractivity contribution in [2.24, 2.45) is 0 Å². The van der Waals surface area contributed by atoms with E-state index in [2.05, 4.69) is 221 Å². The van der Waals surface area contributed by atoms with Crippen molar-refractivity contribution in [3.8, 4) is 66.8 Å². The van der Waals surface area contributed by atoms with Crippen LogP contribution in [0.4, 0.5) is 17.1 Å². The van der Waals surface area contributed by atoms with Crippen LogP contribution in [-0.2, 0) is 0 Å². The number of hydrogen-bond acceptors (Lipinski definition) is 3. The van der Waals surface area contributed by atoms with Crippen LogP contribution in [0, 0.1) is 0 Å². The average Bonchev–Trinajstić information content (AvgIpc) is 3.18. The Morgan fingerprint density at radius 3 is 0.490 bits per heavy atom. The highest BCUT2D eigenvalue weighted by Gasteiger charge is 2.10.